The molecule has 9 heteroatoms. The zero-order valence-corrected chi connectivity index (χ0v) is 13.9. The molecule has 0 radical (unpaired) electrons. The molecule has 2 aromatic heterocycles. The number of nitrogens with zero attached hydrogens (tertiary/aromatic N) is 5. The van der Waals surface area contributed by atoms with E-state index in [0.717, 1.165) is 4.52 Å². The van der Waals surface area contributed by atoms with E-state index in [2.05, 4.69) is 15.1 Å². The molecule has 2 aromatic carbocycles. The van der Waals surface area contributed by atoms with Crippen molar-refractivity contribution < 1.29 is 17.6 Å². The molecule has 0 saturated carbocycles. The molecular formula is C19H9F4N5. The summed E-state index contributed by atoms with van der Waals surface area (Å²) >= 11 is 0. The zero-order chi connectivity index (χ0) is 19.9. The van der Waals surface area contributed by atoms with Gasteiger partial charge in [-0.05, 0) is 24.3 Å². The van der Waals surface area contributed by atoms with Crippen molar-refractivity contribution >= 4 is 5.78 Å². The fourth-order valence-electron chi connectivity index (χ4n) is 2.81. The molecule has 138 valence electrons. The summed E-state index contributed by atoms with van der Waals surface area (Å²) in [6, 6.07) is 12.7. The van der Waals surface area contributed by atoms with Crippen LogP contribution in [0.25, 0.3) is 28.2 Å². The first-order valence-electron chi connectivity index (χ1n) is 7.96. The third-order valence-corrected chi connectivity index (χ3v) is 4.13. The van der Waals surface area contributed by atoms with Gasteiger partial charge in [-0.3, -0.25) is 0 Å². The molecule has 0 unspecified atom stereocenters. The Morgan fingerprint density at radius 2 is 1.79 bits per heavy atom. The van der Waals surface area contributed by atoms with Crippen LogP contribution in [0.4, 0.5) is 17.6 Å². The molecule has 0 aliphatic carbocycles. The van der Waals surface area contributed by atoms with Crippen molar-refractivity contribution in [2.75, 3.05) is 0 Å². The Hall–Kier alpha value is -3.80. The molecule has 5 nitrogen and oxygen atoms in total. The van der Waals surface area contributed by atoms with Gasteiger partial charge in [0.05, 0.1) is 29.7 Å². The van der Waals surface area contributed by atoms with Crippen LogP contribution in [-0.2, 0) is 6.18 Å². The highest BCUT2D eigenvalue weighted by molar-refractivity contribution is 5.76. The number of fused-ring (bicyclic) bond motifs is 1. The van der Waals surface area contributed by atoms with Crippen molar-refractivity contribution in [3.8, 4) is 28.5 Å². The van der Waals surface area contributed by atoms with Crippen LogP contribution in [0.1, 0.15) is 11.3 Å². The number of benzene rings is 2. The van der Waals surface area contributed by atoms with Crippen LogP contribution in [0.5, 0.6) is 0 Å². The van der Waals surface area contributed by atoms with Gasteiger partial charge in [0.1, 0.15) is 5.82 Å². The second-order valence-electron chi connectivity index (χ2n) is 5.85. The van der Waals surface area contributed by atoms with Crippen LogP contribution >= 0.6 is 0 Å². The third-order valence-electron chi connectivity index (χ3n) is 4.13. The Bertz CT molecular complexity index is 1240. The Balaban J connectivity index is 1.86. The Morgan fingerprint density at radius 1 is 1.00 bits per heavy atom. The quantitative estimate of drug-likeness (QED) is 0.479. The van der Waals surface area contributed by atoms with E-state index in [4.69, 9.17) is 0 Å². The Kier molecular flexibility index (Phi) is 4.04. The van der Waals surface area contributed by atoms with Crippen molar-refractivity contribution in [3.63, 3.8) is 0 Å². The maximum Gasteiger partial charge on any atom is 0.435 e. The van der Waals surface area contributed by atoms with Crippen molar-refractivity contribution in [1.82, 2.24) is 19.6 Å². The maximum absolute atomic E-state index is 14.4. The van der Waals surface area contributed by atoms with Gasteiger partial charge >= 0.3 is 6.18 Å². The summed E-state index contributed by atoms with van der Waals surface area (Å²) in [6.07, 6.45) is -2.72. The fraction of sp³-hybridized carbons (Fsp3) is 0.0526. The molecule has 0 bridgehead atoms. The first kappa shape index (κ1) is 17.6. The number of rotatable bonds is 2. The predicted octanol–water partition coefficient (Wildman–Crippen LogP) is 4.49. The summed E-state index contributed by atoms with van der Waals surface area (Å²) < 4.78 is 54.0. The molecule has 4 rings (SSSR count). The van der Waals surface area contributed by atoms with E-state index in [0.29, 0.717) is 28.6 Å². The van der Waals surface area contributed by atoms with Gasteiger partial charge in [-0.15, -0.1) is 0 Å². The maximum atomic E-state index is 14.4. The topological polar surface area (TPSA) is 66.9 Å². The van der Waals surface area contributed by atoms with Crippen LogP contribution in [0, 0.1) is 17.1 Å². The number of hydrogen-bond acceptors (Lipinski definition) is 4. The first-order chi connectivity index (χ1) is 13.4. The van der Waals surface area contributed by atoms with E-state index in [1.54, 1.807) is 24.3 Å². The van der Waals surface area contributed by atoms with Crippen LogP contribution in [0.15, 0.2) is 54.9 Å². The summed E-state index contributed by atoms with van der Waals surface area (Å²) in [5, 5.41) is 13.0. The minimum absolute atomic E-state index is 0.185. The molecule has 0 fully saturated rings. The molecule has 0 aliphatic rings. The van der Waals surface area contributed by atoms with Crippen LogP contribution in [0.3, 0.4) is 0 Å². The van der Waals surface area contributed by atoms with Crippen molar-refractivity contribution in [2.45, 2.75) is 6.18 Å². The number of alkyl halides is 3. The monoisotopic (exact) mass is 383 g/mol. The summed E-state index contributed by atoms with van der Waals surface area (Å²) in [6.45, 7) is 0. The zero-order valence-electron chi connectivity index (χ0n) is 13.9. The fourth-order valence-corrected chi connectivity index (χ4v) is 2.81. The SMILES string of the molecule is N#Cc1ccccc1-c1cc(-c2cnc3nc(C(F)(F)F)cnn23)ccc1F. The number of imidazole rings is 1. The number of halogens is 4. The van der Waals surface area contributed by atoms with Gasteiger partial charge in [-0.2, -0.15) is 28.0 Å². The Labute approximate surface area is 155 Å². The molecule has 4 aromatic rings. The van der Waals surface area contributed by atoms with E-state index in [9.17, 15) is 22.8 Å². The minimum atomic E-state index is -4.63. The molecule has 0 saturated heterocycles. The van der Waals surface area contributed by atoms with E-state index in [-0.39, 0.29) is 11.3 Å². The second-order valence-corrected chi connectivity index (χ2v) is 5.85. The Morgan fingerprint density at radius 3 is 2.54 bits per heavy atom. The summed E-state index contributed by atoms with van der Waals surface area (Å²) in [5.41, 5.74) is 0.539. The van der Waals surface area contributed by atoms with Gasteiger partial charge in [0, 0.05) is 16.7 Å². The van der Waals surface area contributed by atoms with Crippen LogP contribution in [0.2, 0.25) is 0 Å². The summed E-state index contributed by atoms with van der Waals surface area (Å²) in [5.74, 6) is -0.765. The van der Waals surface area contributed by atoms with Gasteiger partial charge in [-0.25, -0.2) is 14.4 Å². The smallest absolute Gasteiger partial charge is 0.217 e. The van der Waals surface area contributed by atoms with Crippen LogP contribution in [-0.4, -0.2) is 19.6 Å². The highest BCUT2D eigenvalue weighted by Gasteiger charge is 2.33. The number of aromatic nitrogens is 4. The lowest BCUT2D eigenvalue weighted by Crippen LogP contribution is -2.11. The predicted molar refractivity (Wildman–Crippen MR) is 91.3 cm³/mol. The molecule has 0 aliphatic heterocycles. The molecule has 0 amide bonds. The molecular weight excluding hydrogens is 374 g/mol. The van der Waals surface area contributed by atoms with E-state index in [1.807, 2.05) is 6.07 Å². The minimum Gasteiger partial charge on any atom is -0.217 e. The van der Waals surface area contributed by atoms with Gasteiger partial charge in [0.2, 0.25) is 0 Å². The summed E-state index contributed by atoms with van der Waals surface area (Å²) in [4.78, 5) is 7.34. The molecule has 0 spiro atoms. The lowest BCUT2D eigenvalue weighted by atomic mass is 9.97. The highest BCUT2D eigenvalue weighted by Crippen LogP contribution is 2.31. The van der Waals surface area contributed by atoms with Gasteiger partial charge in [0.25, 0.3) is 5.78 Å². The molecule has 2 heterocycles. The number of hydrogen-bond donors (Lipinski definition) is 0. The van der Waals surface area contributed by atoms with E-state index < -0.39 is 17.7 Å². The molecule has 0 N–H and O–H groups in total. The standard InChI is InChI=1S/C19H9F4N5/c20-15-6-5-11(7-14(15)13-4-2-1-3-12(13)8-24)16-9-25-18-27-17(19(21,22)23)10-26-28(16)18/h1-7,9-10H. The lowest BCUT2D eigenvalue weighted by Gasteiger charge is -2.09. The third kappa shape index (κ3) is 2.95. The first-order valence-corrected chi connectivity index (χ1v) is 7.96. The summed E-state index contributed by atoms with van der Waals surface area (Å²) in [7, 11) is 0. The molecule has 28 heavy (non-hydrogen) atoms. The highest BCUT2D eigenvalue weighted by atomic mass is 19.4. The molecule has 0 atom stereocenters. The second kappa shape index (κ2) is 6.42. The van der Waals surface area contributed by atoms with Gasteiger partial charge in [0.15, 0.2) is 5.69 Å². The average Bonchev–Trinajstić information content (AvgIpc) is 3.11. The van der Waals surface area contributed by atoms with Crippen molar-refractivity contribution in [3.05, 3.63) is 71.9 Å². The van der Waals surface area contributed by atoms with E-state index >= 15 is 0 Å². The van der Waals surface area contributed by atoms with Crippen LogP contribution < -0.4 is 0 Å². The van der Waals surface area contributed by atoms with Crippen molar-refractivity contribution in [2.24, 2.45) is 0 Å². The number of nitriles is 1. The normalized spacial score (nSPS) is 11.5. The lowest BCUT2D eigenvalue weighted by molar-refractivity contribution is -0.141. The van der Waals surface area contributed by atoms with Gasteiger partial charge in [-0.1, -0.05) is 18.2 Å². The largest absolute Gasteiger partial charge is 0.435 e. The van der Waals surface area contributed by atoms with Gasteiger partial charge < -0.3 is 0 Å². The van der Waals surface area contributed by atoms with E-state index in [1.165, 1.54) is 24.4 Å². The van der Waals surface area contributed by atoms with Crippen molar-refractivity contribution in [1.29, 1.82) is 5.26 Å². The average molecular weight is 383 g/mol.